The quantitative estimate of drug-likeness (QED) is 0.906. The van der Waals surface area contributed by atoms with Crippen molar-refractivity contribution in [2.45, 2.75) is 31.6 Å². The van der Waals surface area contributed by atoms with Crippen molar-refractivity contribution in [1.82, 2.24) is 10.2 Å². The summed E-state index contributed by atoms with van der Waals surface area (Å²) in [7, 11) is 1.88. The van der Waals surface area contributed by atoms with Crippen molar-refractivity contribution >= 4 is 0 Å². The molecule has 0 aliphatic carbocycles. The topological polar surface area (TPSA) is 15.3 Å². The lowest BCUT2D eigenvalue weighted by atomic mass is 10.1. The Balaban J connectivity index is 2.15. The van der Waals surface area contributed by atoms with Crippen LogP contribution in [0.3, 0.4) is 0 Å². The molecule has 0 saturated carbocycles. The molecule has 106 valence electrons. The maximum atomic E-state index is 12.9. The number of hydrogen-bond donors (Lipinski definition) is 1. The minimum absolute atomic E-state index is 0.339. The molecule has 1 aliphatic rings. The van der Waals surface area contributed by atoms with Gasteiger partial charge in [-0.3, -0.25) is 4.90 Å². The molecule has 1 aromatic rings. The first-order chi connectivity index (χ1) is 9.02. The number of alkyl halides is 3. The number of halogens is 3. The fraction of sp³-hybridized carbons (Fsp3) is 0.571. The zero-order valence-corrected chi connectivity index (χ0v) is 11.0. The summed E-state index contributed by atoms with van der Waals surface area (Å²) in [4.78, 5) is 2.14. The Morgan fingerprint density at radius 3 is 2.74 bits per heavy atom. The van der Waals surface area contributed by atoms with E-state index in [9.17, 15) is 13.2 Å². The number of benzene rings is 1. The first-order valence-electron chi connectivity index (χ1n) is 6.56. The molecule has 1 atom stereocenters. The molecular formula is C14H19F3N2. The molecule has 0 bridgehead atoms. The van der Waals surface area contributed by atoms with Gasteiger partial charge in [0.2, 0.25) is 0 Å². The van der Waals surface area contributed by atoms with Crippen LogP contribution in [0.5, 0.6) is 0 Å². The highest BCUT2D eigenvalue weighted by Gasteiger charge is 2.34. The number of likely N-dealkylation sites (N-methyl/N-ethyl adjacent to an activating group) is 1. The number of nitrogens with zero attached hydrogens (tertiary/aromatic N) is 1. The largest absolute Gasteiger partial charge is 0.416 e. The van der Waals surface area contributed by atoms with Crippen molar-refractivity contribution in [2.24, 2.45) is 0 Å². The molecule has 19 heavy (non-hydrogen) atoms. The van der Waals surface area contributed by atoms with E-state index in [4.69, 9.17) is 0 Å². The first-order valence-corrected chi connectivity index (χ1v) is 6.56. The molecular weight excluding hydrogens is 253 g/mol. The molecule has 0 radical (unpaired) electrons. The summed E-state index contributed by atoms with van der Waals surface area (Å²) in [6.07, 6.45) is -2.16. The maximum Gasteiger partial charge on any atom is 0.416 e. The van der Waals surface area contributed by atoms with E-state index < -0.39 is 11.7 Å². The van der Waals surface area contributed by atoms with Crippen LogP contribution in [-0.2, 0) is 12.7 Å². The number of rotatable bonds is 4. The van der Waals surface area contributed by atoms with Crippen molar-refractivity contribution in [3.05, 3.63) is 35.4 Å². The second-order valence-corrected chi connectivity index (χ2v) is 4.98. The van der Waals surface area contributed by atoms with Crippen LogP contribution in [-0.4, -0.2) is 31.1 Å². The van der Waals surface area contributed by atoms with Gasteiger partial charge in [0, 0.05) is 19.1 Å². The lowest BCUT2D eigenvalue weighted by molar-refractivity contribution is -0.138. The average molecular weight is 272 g/mol. The summed E-state index contributed by atoms with van der Waals surface area (Å²) in [6, 6.07) is 6.21. The van der Waals surface area contributed by atoms with Gasteiger partial charge in [-0.05, 0) is 38.1 Å². The van der Waals surface area contributed by atoms with Gasteiger partial charge >= 0.3 is 6.18 Å². The lowest BCUT2D eigenvalue weighted by Crippen LogP contribution is -2.36. The van der Waals surface area contributed by atoms with Crippen molar-refractivity contribution in [3.63, 3.8) is 0 Å². The third kappa shape index (κ3) is 3.48. The summed E-state index contributed by atoms with van der Waals surface area (Å²) < 4.78 is 38.8. The molecule has 1 heterocycles. The van der Waals surface area contributed by atoms with Crippen LogP contribution < -0.4 is 5.32 Å². The highest BCUT2D eigenvalue weighted by molar-refractivity contribution is 5.29. The van der Waals surface area contributed by atoms with E-state index in [-0.39, 0.29) is 0 Å². The Labute approximate surface area is 111 Å². The van der Waals surface area contributed by atoms with Crippen molar-refractivity contribution < 1.29 is 13.2 Å². The van der Waals surface area contributed by atoms with E-state index in [0.29, 0.717) is 18.2 Å². The summed E-state index contributed by atoms with van der Waals surface area (Å²) in [5, 5.41) is 3.11. The fourth-order valence-electron chi connectivity index (χ4n) is 2.72. The average Bonchev–Trinajstić information content (AvgIpc) is 2.77. The molecule has 1 aromatic carbocycles. The second-order valence-electron chi connectivity index (χ2n) is 4.98. The Hall–Kier alpha value is -1.07. The number of hydrogen-bond acceptors (Lipinski definition) is 2. The Kier molecular flexibility index (Phi) is 4.47. The van der Waals surface area contributed by atoms with Crippen LogP contribution in [0, 0.1) is 0 Å². The lowest BCUT2D eigenvalue weighted by Gasteiger charge is -2.25. The molecule has 1 aliphatic heterocycles. The highest BCUT2D eigenvalue weighted by Crippen LogP contribution is 2.33. The van der Waals surface area contributed by atoms with Gasteiger partial charge < -0.3 is 5.32 Å². The molecule has 5 heteroatoms. The SMILES string of the molecule is CNCC1CCCN1Cc1ccccc1C(F)(F)F. The Morgan fingerprint density at radius 2 is 2.05 bits per heavy atom. The summed E-state index contributed by atoms with van der Waals surface area (Å²) >= 11 is 0. The van der Waals surface area contributed by atoms with Gasteiger partial charge in [0.1, 0.15) is 0 Å². The maximum absolute atomic E-state index is 12.9. The zero-order chi connectivity index (χ0) is 13.9. The van der Waals surface area contributed by atoms with Crippen LogP contribution in [0.1, 0.15) is 24.0 Å². The van der Waals surface area contributed by atoms with Crippen LogP contribution in [0.2, 0.25) is 0 Å². The minimum atomic E-state index is -4.27. The molecule has 1 fully saturated rings. The molecule has 1 unspecified atom stereocenters. The van der Waals surface area contributed by atoms with Crippen LogP contribution in [0.4, 0.5) is 13.2 Å². The third-order valence-corrected chi connectivity index (χ3v) is 3.64. The zero-order valence-electron chi connectivity index (χ0n) is 11.0. The first kappa shape index (κ1) is 14.3. The van der Waals surface area contributed by atoms with E-state index in [2.05, 4.69) is 10.2 Å². The van der Waals surface area contributed by atoms with Gasteiger partial charge in [0.25, 0.3) is 0 Å². The highest BCUT2D eigenvalue weighted by atomic mass is 19.4. The summed E-state index contributed by atoms with van der Waals surface area (Å²) in [6.45, 7) is 2.08. The standard InChI is InChI=1S/C14H19F3N2/c1-18-9-12-6-4-8-19(12)10-11-5-2-3-7-13(11)14(15,16)17/h2-3,5,7,12,18H,4,6,8-10H2,1H3. The molecule has 2 nitrogen and oxygen atoms in total. The second kappa shape index (κ2) is 5.92. The van der Waals surface area contributed by atoms with Gasteiger partial charge in [0.05, 0.1) is 5.56 Å². The molecule has 0 aromatic heterocycles. The van der Waals surface area contributed by atoms with Gasteiger partial charge in [-0.15, -0.1) is 0 Å². The predicted octanol–water partition coefficient (Wildman–Crippen LogP) is 2.89. The summed E-state index contributed by atoms with van der Waals surface area (Å²) in [5.41, 5.74) is -0.136. The van der Waals surface area contributed by atoms with Gasteiger partial charge in [0.15, 0.2) is 0 Å². The molecule has 2 rings (SSSR count). The Bertz CT molecular complexity index is 417. The van der Waals surface area contributed by atoms with E-state index >= 15 is 0 Å². The third-order valence-electron chi connectivity index (χ3n) is 3.64. The van der Waals surface area contributed by atoms with Crippen LogP contribution >= 0.6 is 0 Å². The van der Waals surface area contributed by atoms with Crippen LogP contribution in [0.15, 0.2) is 24.3 Å². The van der Waals surface area contributed by atoms with E-state index in [1.54, 1.807) is 12.1 Å². The molecule has 0 amide bonds. The van der Waals surface area contributed by atoms with E-state index in [1.807, 2.05) is 7.05 Å². The number of likely N-dealkylation sites (tertiary alicyclic amines) is 1. The van der Waals surface area contributed by atoms with Gasteiger partial charge in [-0.1, -0.05) is 18.2 Å². The Morgan fingerprint density at radius 1 is 1.32 bits per heavy atom. The molecule has 0 spiro atoms. The van der Waals surface area contributed by atoms with E-state index in [1.165, 1.54) is 12.1 Å². The monoisotopic (exact) mass is 272 g/mol. The minimum Gasteiger partial charge on any atom is -0.318 e. The van der Waals surface area contributed by atoms with Crippen molar-refractivity contribution in [2.75, 3.05) is 20.1 Å². The van der Waals surface area contributed by atoms with Crippen molar-refractivity contribution in [1.29, 1.82) is 0 Å². The van der Waals surface area contributed by atoms with E-state index in [0.717, 1.165) is 25.9 Å². The molecule has 1 N–H and O–H groups in total. The summed E-state index contributed by atoms with van der Waals surface area (Å²) in [5.74, 6) is 0. The van der Waals surface area contributed by atoms with Crippen molar-refractivity contribution in [3.8, 4) is 0 Å². The fourth-order valence-corrected chi connectivity index (χ4v) is 2.72. The van der Waals surface area contributed by atoms with Crippen LogP contribution in [0.25, 0.3) is 0 Å². The smallest absolute Gasteiger partial charge is 0.318 e. The normalized spacial score (nSPS) is 20.9. The molecule has 1 saturated heterocycles. The number of nitrogens with one attached hydrogen (secondary N) is 1. The van der Waals surface area contributed by atoms with Gasteiger partial charge in [-0.2, -0.15) is 13.2 Å². The predicted molar refractivity (Wildman–Crippen MR) is 68.8 cm³/mol. The van der Waals surface area contributed by atoms with Gasteiger partial charge in [-0.25, -0.2) is 0 Å².